The van der Waals surface area contributed by atoms with Gasteiger partial charge in [0.1, 0.15) is 11.3 Å². The van der Waals surface area contributed by atoms with E-state index in [0.717, 1.165) is 30.4 Å². The molecule has 3 rings (SSSR count). The predicted molar refractivity (Wildman–Crippen MR) is 67.3 cm³/mol. The Labute approximate surface area is 105 Å². The van der Waals surface area contributed by atoms with Gasteiger partial charge in [0.05, 0.1) is 20.1 Å². The van der Waals surface area contributed by atoms with E-state index in [9.17, 15) is 4.39 Å². The standard InChI is InChI=1S/C14H17FN2O/c1-17(2)8-3-4-13-9(5-8)10-6-12(16)11(15)7-14(10)18-13/h6-8H,3-5,16H2,1-2H3/p+2. The molecule has 0 saturated carbocycles. The minimum Gasteiger partial charge on any atom is -0.461 e. The number of rotatable bonds is 1. The van der Waals surface area contributed by atoms with Gasteiger partial charge in [0.2, 0.25) is 0 Å². The second kappa shape index (κ2) is 4.07. The zero-order valence-electron chi connectivity index (χ0n) is 10.8. The molecular weight excluding hydrogens is 231 g/mol. The number of nitrogens with one attached hydrogen (secondary N) is 1. The molecule has 4 N–H and O–H groups in total. The van der Waals surface area contributed by atoms with Crippen molar-refractivity contribution in [3.63, 3.8) is 0 Å². The highest BCUT2D eigenvalue weighted by molar-refractivity contribution is 5.85. The molecule has 0 bridgehead atoms. The first-order valence-electron chi connectivity index (χ1n) is 6.42. The van der Waals surface area contributed by atoms with Crippen LogP contribution in [0.15, 0.2) is 16.5 Å². The number of benzene rings is 1. The summed E-state index contributed by atoms with van der Waals surface area (Å²) in [5, 5.41) is 1.04. The van der Waals surface area contributed by atoms with Crippen molar-refractivity contribution < 1.29 is 19.4 Å². The van der Waals surface area contributed by atoms with Crippen molar-refractivity contribution in [3.05, 3.63) is 29.3 Å². The summed E-state index contributed by atoms with van der Waals surface area (Å²) in [4.78, 5) is 1.46. The van der Waals surface area contributed by atoms with Gasteiger partial charge in [-0.25, -0.2) is 4.39 Å². The highest BCUT2D eigenvalue weighted by Gasteiger charge is 2.28. The summed E-state index contributed by atoms with van der Waals surface area (Å²) in [6.07, 6.45) is 3.10. The Morgan fingerprint density at radius 1 is 1.39 bits per heavy atom. The molecule has 1 atom stereocenters. The molecule has 1 aliphatic rings. The molecule has 1 aromatic heterocycles. The van der Waals surface area contributed by atoms with Crippen molar-refractivity contribution in [2.24, 2.45) is 0 Å². The Morgan fingerprint density at radius 3 is 2.89 bits per heavy atom. The molecule has 1 aromatic carbocycles. The Morgan fingerprint density at radius 2 is 2.17 bits per heavy atom. The van der Waals surface area contributed by atoms with E-state index in [0.29, 0.717) is 17.3 Å². The molecule has 96 valence electrons. The molecule has 3 nitrogen and oxygen atoms in total. The first kappa shape index (κ1) is 11.7. The van der Waals surface area contributed by atoms with Gasteiger partial charge in [-0.15, -0.1) is 0 Å². The molecule has 0 saturated heterocycles. The Balaban J connectivity index is 2.12. The van der Waals surface area contributed by atoms with Gasteiger partial charge in [-0.1, -0.05) is 0 Å². The van der Waals surface area contributed by atoms with Crippen molar-refractivity contribution in [3.8, 4) is 0 Å². The van der Waals surface area contributed by atoms with Crippen molar-refractivity contribution in [2.75, 3.05) is 14.1 Å². The maximum Gasteiger partial charge on any atom is 0.187 e. The first-order valence-corrected chi connectivity index (χ1v) is 6.42. The van der Waals surface area contributed by atoms with E-state index in [-0.39, 0.29) is 5.82 Å². The lowest BCUT2D eigenvalue weighted by Gasteiger charge is -2.24. The van der Waals surface area contributed by atoms with Crippen LogP contribution >= 0.6 is 0 Å². The molecule has 0 aliphatic heterocycles. The molecule has 0 amide bonds. The average Bonchev–Trinajstić information content (AvgIpc) is 2.66. The van der Waals surface area contributed by atoms with E-state index in [1.165, 1.54) is 16.5 Å². The summed E-state index contributed by atoms with van der Waals surface area (Å²) in [5.41, 5.74) is 6.10. The van der Waals surface area contributed by atoms with E-state index in [4.69, 9.17) is 4.42 Å². The third-order valence-corrected chi connectivity index (χ3v) is 4.03. The lowest BCUT2D eigenvalue weighted by Crippen LogP contribution is -3.10. The number of furan rings is 1. The van der Waals surface area contributed by atoms with E-state index in [2.05, 4.69) is 19.8 Å². The van der Waals surface area contributed by atoms with Crippen molar-refractivity contribution in [1.82, 2.24) is 0 Å². The summed E-state index contributed by atoms with van der Waals surface area (Å²) >= 11 is 0. The van der Waals surface area contributed by atoms with Crippen LogP contribution in [0.4, 0.5) is 10.1 Å². The number of hydrogen-bond acceptors (Lipinski definition) is 1. The molecule has 4 heteroatoms. The summed E-state index contributed by atoms with van der Waals surface area (Å²) < 4.78 is 19.3. The Hall–Kier alpha value is -1.39. The number of aryl methyl sites for hydroxylation is 1. The molecule has 2 aromatic rings. The third-order valence-electron chi connectivity index (χ3n) is 4.03. The summed E-state index contributed by atoms with van der Waals surface area (Å²) in [7, 11) is 4.37. The fourth-order valence-electron chi connectivity index (χ4n) is 2.84. The molecule has 0 fully saturated rings. The monoisotopic (exact) mass is 250 g/mol. The summed E-state index contributed by atoms with van der Waals surface area (Å²) in [6.45, 7) is 0. The van der Waals surface area contributed by atoms with E-state index < -0.39 is 0 Å². The van der Waals surface area contributed by atoms with E-state index >= 15 is 0 Å². The quantitative estimate of drug-likeness (QED) is 0.758. The van der Waals surface area contributed by atoms with Crippen LogP contribution in [0.25, 0.3) is 11.0 Å². The van der Waals surface area contributed by atoms with Gasteiger partial charge in [-0.05, 0) is 0 Å². The molecule has 1 heterocycles. The minimum absolute atomic E-state index is 0.289. The maximum atomic E-state index is 13.5. The predicted octanol–water partition coefficient (Wildman–Crippen LogP) is 0.447. The maximum absolute atomic E-state index is 13.5. The fraction of sp³-hybridized carbons (Fsp3) is 0.429. The first-order chi connectivity index (χ1) is 8.56. The molecule has 0 radical (unpaired) electrons. The third kappa shape index (κ3) is 1.72. The Kier molecular flexibility index (Phi) is 2.64. The highest BCUT2D eigenvalue weighted by atomic mass is 19.1. The van der Waals surface area contributed by atoms with E-state index in [1.54, 1.807) is 0 Å². The number of halogens is 1. The number of hydrogen-bond donors (Lipinski definition) is 2. The van der Waals surface area contributed by atoms with Gasteiger partial charge in [-0.2, -0.15) is 0 Å². The minimum atomic E-state index is -0.289. The van der Waals surface area contributed by atoms with Crippen LogP contribution < -0.4 is 10.6 Å². The lowest BCUT2D eigenvalue weighted by atomic mass is 9.91. The summed E-state index contributed by atoms with van der Waals surface area (Å²) in [5.74, 6) is 0.746. The number of likely N-dealkylation sites (N-methyl/N-ethyl adjacent to an activating group) is 1. The van der Waals surface area contributed by atoms with Gasteiger partial charge >= 0.3 is 0 Å². The van der Waals surface area contributed by atoms with Crippen molar-refractivity contribution in [1.29, 1.82) is 0 Å². The second-order valence-electron chi connectivity index (χ2n) is 5.46. The highest BCUT2D eigenvalue weighted by Crippen LogP contribution is 2.33. The van der Waals surface area contributed by atoms with Gasteiger partial charge in [0.15, 0.2) is 11.5 Å². The summed E-state index contributed by atoms with van der Waals surface area (Å²) in [6, 6.07) is 3.91. The van der Waals surface area contributed by atoms with Crippen LogP contribution in [-0.2, 0) is 12.8 Å². The van der Waals surface area contributed by atoms with Crippen LogP contribution in [0, 0.1) is 5.82 Å². The molecular formula is C14H19FN2O+2. The fourth-order valence-corrected chi connectivity index (χ4v) is 2.84. The smallest absolute Gasteiger partial charge is 0.187 e. The molecule has 0 spiro atoms. The zero-order valence-corrected chi connectivity index (χ0v) is 10.8. The lowest BCUT2D eigenvalue weighted by molar-refractivity contribution is -0.886. The van der Waals surface area contributed by atoms with Crippen molar-refractivity contribution >= 4 is 16.7 Å². The van der Waals surface area contributed by atoms with Gasteiger partial charge in [0, 0.05) is 42.3 Å². The molecule has 1 unspecified atom stereocenters. The van der Waals surface area contributed by atoms with Crippen LogP contribution in [0.5, 0.6) is 0 Å². The second-order valence-corrected chi connectivity index (χ2v) is 5.46. The van der Waals surface area contributed by atoms with Crippen LogP contribution in [0.2, 0.25) is 0 Å². The largest absolute Gasteiger partial charge is 0.461 e. The van der Waals surface area contributed by atoms with Gasteiger partial charge < -0.3 is 15.1 Å². The van der Waals surface area contributed by atoms with Crippen LogP contribution in [0.3, 0.4) is 0 Å². The van der Waals surface area contributed by atoms with Crippen LogP contribution in [-0.4, -0.2) is 20.1 Å². The molecule has 1 aliphatic carbocycles. The van der Waals surface area contributed by atoms with E-state index in [1.807, 2.05) is 6.07 Å². The van der Waals surface area contributed by atoms with Crippen LogP contribution in [0.1, 0.15) is 17.7 Å². The normalized spacial score (nSPS) is 19.5. The molecule has 18 heavy (non-hydrogen) atoms. The SMILES string of the molecule is C[NH+](C)C1CCc2oc3cc(F)c([NH3+])cc3c2C1. The van der Waals surface area contributed by atoms with Gasteiger partial charge in [-0.3, -0.25) is 0 Å². The zero-order chi connectivity index (χ0) is 12.9. The average molecular weight is 250 g/mol. The van der Waals surface area contributed by atoms with Gasteiger partial charge in [0.25, 0.3) is 0 Å². The topological polar surface area (TPSA) is 45.2 Å². The Bertz CT molecular complexity index is 603. The number of quaternary nitrogens is 2. The number of fused-ring (bicyclic) bond motifs is 3. The van der Waals surface area contributed by atoms with Crippen molar-refractivity contribution in [2.45, 2.75) is 25.3 Å².